The number of carboxylic acids is 1. The van der Waals surface area contributed by atoms with Crippen LogP contribution < -0.4 is 5.73 Å². The van der Waals surface area contributed by atoms with E-state index in [9.17, 15) is 4.79 Å². The third kappa shape index (κ3) is 2.11. The summed E-state index contributed by atoms with van der Waals surface area (Å²) in [5, 5.41) is 8.81. The minimum atomic E-state index is -0.795. The van der Waals surface area contributed by atoms with Crippen molar-refractivity contribution >= 4 is 18.4 Å². The van der Waals surface area contributed by atoms with E-state index >= 15 is 0 Å². The fourth-order valence-corrected chi connectivity index (χ4v) is 1.19. The topological polar surface area (TPSA) is 63.3 Å². The molecule has 0 amide bonds. The summed E-state index contributed by atoms with van der Waals surface area (Å²) in [4.78, 5) is 10.7. The lowest BCUT2D eigenvalue weighted by atomic mass is 9.82. The van der Waals surface area contributed by atoms with Crippen LogP contribution in [0.2, 0.25) is 0 Å². The quantitative estimate of drug-likeness (QED) is 0.710. The van der Waals surface area contributed by atoms with Gasteiger partial charge in [-0.25, -0.2) is 0 Å². The van der Waals surface area contributed by atoms with Crippen molar-refractivity contribution in [2.24, 2.45) is 17.1 Å². The van der Waals surface area contributed by atoms with Crippen molar-refractivity contribution in [2.45, 2.75) is 32.7 Å². The molecule has 1 rings (SSSR count). The number of hydrogen-bond acceptors (Lipinski definition) is 2. The molecule has 0 bridgehead atoms. The fraction of sp³-hybridized carbons (Fsp3) is 0.875. The van der Waals surface area contributed by atoms with Crippen molar-refractivity contribution in [1.29, 1.82) is 0 Å². The van der Waals surface area contributed by atoms with Gasteiger partial charge in [-0.15, -0.1) is 12.4 Å². The largest absolute Gasteiger partial charge is 0.481 e. The Kier molecular flexibility index (Phi) is 3.54. The molecule has 1 atom stereocenters. The highest BCUT2D eigenvalue weighted by Gasteiger charge is 2.43. The van der Waals surface area contributed by atoms with Crippen LogP contribution in [0.15, 0.2) is 0 Å². The Balaban J connectivity index is 0.00000121. The molecule has 3 nitrogen and oxygen atoms in total. The van der Waals surface area contributed by atoms with E-state index in [-0.39, 0.29) is 18.4 Å². The van der Waals surface area contributed by atoms with Crippen LogP contribution in [0.5, 0.6) is 0 Å². The van der Waals surface area contributed by atoms with Gasteiger partial charge in [0.1, 0.15) is 0 Å². The van der Waals surface area contributed by atoms with Crippen molar-refractivity contribution < 1.29 is 9.90 Å². The molecular weight excluding hydrogens is 178 g/mol. The van der Waals surface area contributed by atoms with E-state index < -0.39 is 11.4 Å². The van der Waals surface area contributed by atoms with Gasteiger partial charge in [0.05, 0.1) is 5.41 Å². The second-order valence-electron chi connectivity index (χ2n) is 3.89. The molecule has 1 unspecified atom stereocenters. The third-order valence-electron chi connectivity index (χ3n) is 2.51. The van der Waals surface area contributed by atoms with Gasteiger partial charge in [-0.05, 0) is 32.6 Å². The molecule has 0 aliphatic heterocycles. The monoisotopic (exact) mass is 193 g/mol. The molecule has 72 valence electrons. The van der Waals surface area contributed by atoms with Crippen LogP contribution in [0, 0.1) is 11.3 Å². The smallest absolute Gasteiger partial charge is 0.310 e. The van der Waals surface area contributed by atoms with Gasteiger partial charge >= 0.3 is 5.97 Å². The van der Waals surface area contributed by atoms with E-state index in [1.54, 1.807) is 13.8 Å². The second kappa shape index (κ2) is 3.62. The first-order chi connectivity index (χ1) is 4.96. The number of carboxylic acid groups (broad SMARTS) is 1. The Morgan fingerprint density at radius 2 is 2.00 bits per heavy atom. The first-order valence-corrected chi connectivity index (χ1v) is 3.95. The molecule has 12 heavy (non-hydrogen) atoms. The zero-order valence-corrected chi connectivity index (χ0v) is 8.23. The minimum absolute atomic E-state index is 0. The van der Waals surface area contributed by atoms with Gasteiger partial charge in [0.15, 0.2) is 0 Å². The fourth-order valence-electron chi connectivity index (χ4n) is 1.19. The predicted octanol–water partition coefficient (Wildman–Crippen LogP) is 1.26. The van der Waals surface area contributed by atoms with Crippen LogP contribution in [0.1, 0.15) is 26.7 Å². The molecule has 0 spiro atoms. The van der Waals surface area contributed by atoms with Gasteiger partial charge in [-0.2, -0.15) is 0 Å². The number of nitrogens with two attached hydrogens (primary N) is 1. The summed E-state index contributed by atoms with van der Waals surface area (Å²) in [6.45, 7) is 3.39. The van der Waals surface area contributed by atoms with E-state index in [4.69, 9.17) is 10.8 Å². The summed E-state index contributed by atoms with van der Waals surface area (Å²) < 4.78 is 0. The highest BCUT2D eigenvalue weighted by Crippen LogP contribution is 2.39. The zero-order valence-electron chi connectivity index (χ0n) is 7.41. The average Bonchev–Trinajstić information content (AvgIpc) is 2.66. The Morgan fingerprint density at radius 1 is 1.58 bits per heavy atom. The van der Waals surface area contributed by atoms with Crippen LogP contribution in [0.25, 0.3) is 0 Å². The molecule has 4 heteroatoms. The number of aliphatic carboxylic acids is 1. The molecule has 0 aromatic carbocycles. The maximum absolute atomic E-state index is 10.7. The molecule has 0 saturated heterocycles. The maximum atomic E-state index is 10.7. The van der Waals surface area contributed by atoms with E-state index in [1.165, 1.54) is 0 Å². The molecule has 0 heterocycles. The van der Waals surface area contributed by atoms with Crippen LogP contribution in [-0.2, 0) is 4.79 Å². The summed E-state index contributed by atoms with van der Waals surface area (Å²) in [6.07, 6.45) is 2.19. The predicted molar refractivity (Wildman–Crippen MR) is 49.4 cm³/mol. The average molecular weight is 194 g/mol. The number of halogens is 1. The molecule has 1 fully saturated rings. The van der Waals surface area contributed by atoms with Crippen LogP contribution >= 0.6 is 12.4 Å². The minimum Gasteiger partial charge on any atom is -0.481 e. The van der Waals surface area contributed by atoms with E-state index in [2.05, 4.69) is 0 Å². The number of carbonyl (C=O) groups is 1. The van der Waals surface area contributed by atoms with Crippen molar-refractivity contribution in [3.8, 4) is 0 Å². The Bertz CT molecular complexity index is 178. The van der Waals surface area contributed by atoms with Crippen LogP contribution in [-0.4, -0.2) is 17.1 Å². The van der Waals surface area contributed by atoms with Gasteiger partial charge in [0, 0.05) is 6.04 Å². The highest BCUT2D eigenvalue weighted by molar-refractivity contribution is 5.85. The summed E-state index contributed by atoms with van der Waals surface area (Å²) in [7, 11) is 0. The standard InChI is InChI=1S/C8H15NO2.ClH/c1-8(2,7(10)11)6(9)5-3-4-5;/h5-6H,3-4,9H2,1-2H3,(H,10,11);1H. The molecule has 3 N–H and O–H groups in total. The summed E-state index contributed by atoms with van der Waals surface area (Å²) >= 11 is 0. The normalized spacial score (nSPS) is 19.6. The van der Waals surface area contributed by atoms with Crippen molar-refractivity contribution in [3.63, 3.8) is 0 Å². The molecule has 0 aromatic rings. The van der Waals surface area contributed by atoms with E-state index in [0.29, 0.717) is 5.92 Å². The van der Waals surface area contributed by atoms with E-state index in [0.717, 1.165) is 12.8 Å². The summed E-state index contributed by atoms with van der Waals surface area (Å²) in [5.74, 6) is -0.349. The van der Waals surface area contributed by atoms with Crippen LogP contribution in [0.4, 0.5) is 0 Å². The van der Waals surface area contributed by atoms with Crippen molar-refractivity contribution in [1.82, 2.24) is 0 Å². The lowest BCUT2D eigenvalue weighted by Crippen LogP contribution is -2.44. The molecule has 0 aromatic heterocycles. The Labute approximate surface area is 78.7 Å². The summed E-state index contributed by atoms with van der Waals surface area (Å²) in [6, 6.07) is -0.181. The van der Waals surface area contributed by atoms with Crippen molar-refractivity contribution in [3.05, 3.63) is 0 Å². The highest BCUT2D eigenvalue weighted by atomic mass is 35.5. The Hall–Kier alpha value is -0.280. The van der Waals surface area contributed by atoms with Gasteiger partial charge < -0.3 is 10.8 Å². The van der Waals surface area contributed by atoms with Crippen molar-refractivity contribution in [2.75, 3.05) is 0 Å². The second-order valence-corrected chi connectivity index (χ2v) is 3.89. The van der Waals surface area contributed by atoms with E-state index in [1.807, 2.05) is 0 Å². The molecule has 1 aliphatic rings. The molecule has 0 radical (unpaired) electrons. The zero-order chi connectivity index (χ0) is 8.65. The summed E-state index contributed by atoms with van der Waals surface area (Å²) in [5.41, 5.74) is 5.01. The molecule has 1 aliphatic carbocycles. The molecular formula is C8H16ClNO2. The van der Waals surface area contributed by atoms with Crippen LogP contribution in [0.3, 0.4) is 0 Å². The molecule has 1 saturated carbocycles. The Morgan fingerprint density at radius 3 is 2.25 bits per heavy atom. The van der Waals surface area contributed by atoms with Gasteiger partial charge in [-0.3, -0.25) is 4.79 Å². The number of rotatable bonds is 3. The third-order valence-corrected chi connectivity index (χ3v) is 2.51. The SMILES string of the molecule is CC(C)(C(=O)O)C(N)C1CC1.Cl. The van der Waals surface area contributed by atoms with Gasteiger partial charge in [-0.1, -0.05) is 0 Å². The van der Waals surface area contributed by atoms with Gasteiger partial charge in [0.25, 0.3) is 0 Å². The lowest BCUT2D eigenvalue weighted by Gasteiger charge is -2.26. The lowest BCUT2D eigenvalue weighted by molar-refractivity contribution is -0.148. The first-order valence-electron chi connectivity index (χ1n) is 3.95. The number of hydrogen-bond donors (Lipinski definition) is 2. The maximum Gasteiger partial charge on any atom is 0.310 e. The van der Waals surface area contributed by atoms with Gasteiger partial charge in [0.2, 0.25) is 0 Å². The first kappa shape index (κ1) is 11.7.